The maximum Gasteiger partial charge on any atom is 0.244 e. The molecular formula is C14H13N5O2S. The lowest BCUT2D eigenvalue weighted by Gasteiger charge is -2.04. The van der Waals surface area contributed by atoms with Gasteiger partial charge in [0.15, 0.2) is 5.82 Å². The lowest BCUT2D eigenvalue weighted by molar-refractivity contribution is 0.581. The predicted octanol–water partition coefficient (Wildman–Crippen LogP) is 1.14. The van der Waals surface area contributed by atoms with Crippen molar-refractivity contribution in [1.29, 1.82) is 0 Å². The maximum absolute atomic E-state index is 12.2. The minimum atomic E-state index is -3.63. The first kappa shape index (κ1) is 14.4. The monoisotopic (exact) mass is 315 g/mol. The Balaban J connectivity index is 1.77. The van der Waals surface area contributed by atoms with Crippen LogP contribution >= 0.6 is 0 Å². The molecule has 0 saturated heterocycles. The van der Waals surface area contributed by atoms with Crippen LogP contribution in [0.4, 0.5) is 0 Å². The summed E-state index contributed by atoms with van der Waals surface area (Å²) in [7, 11) is -3.63. The third-order valence-electron chi connectivity index (χ3n) is 2.97. The fraction of sp³-hybridized carbons (Fsp3) is 0.0714. The Kier molecular flexibility index (Phi) is 3.94. The summed E-state index contributed by atoms with van der Waals surface area (Å²) in [4.78, 5) is 8.09. The SMILES string of the molecule is O=S(=O)(NCc1ccncc1)c1cnn(-c2ccccn2)c1. The molecule has 0 bridgehead atoms. The molecule has 3 heterocycles. The first-order valence-corrected chi connectivity index (χ1v) is 7.98. The van der Waals surface area contributed by atoms with Gasteiger partial charge in [0.2, 0.25) is 10.0 Å². The van der Waals surface area contributed by atoms with Crippen molar-refractivity contribution in [3.05, 3.63) is 66.9 Å². The van der Waals surface area contributed by atoms with Gasteiger partial charge in [-0.3, -0.25) is 4.98 Å². The van der Waals surface area contributed by atoms with Crippen molar-refractivity contribution in [2.45, 2.75) is 11.4 Å². The third kappa shape index (κ3) is 3.18. The number of hydrogen-bond acceptors (Lipinski definition) is 5. The minimum absolute atomic E-state index is 0.0900. The van der Waals surface area contributed by atoms with Crippen molar-refractivity contribution in [2.75, 3.05) is 0 Å². The van der Waals surface area contributed by atoms with Gasteiger partial charge in [-0.25, -0.2) is 22.8 Å². The largest absolute Gasteiger partial charge is 0.265 e. The van der Waals surface area contributed by atoms with Crippen molar-refractivity contribution in [3.8, 4) is 5.82 Å². The molecule has 3 aromatic rings. The van der Waals surface area contributed by atoms with Gasteiger partial charge in [-0.2, -0.15) is 5.10 Å². The smallest absolute Gasteiger partial charge is 0.244 e. The number of sulfonamides is 1. The van der Waals surface area contributed by atoms with Crippen LogP contribution in [0.3, 0.4) is 0 Å². The molecule has 8 heteroatoms. The van der Waals surface area contributed by atoms with E-state index in [0.717, 1.165) is 5.56 Å². The molecule has 0 amide bonds. The molecule has 3 rings (SSSR count). The van der Waals surface area contributed by atoms with E-state index in [1.165, 1.54) is 17.1 Å². The molecule has 0 spiro atoms. The van der Waals surface area contributed by atoms with Gasteiger partial charge in [0.25, 0.3) is 0 Å². The Morgan fingerprint density at radius 2 is 1.91 bits per heavy atom. The number of hydrogen-bond donors (Lipinski definition) is 1. The van der Waals surface area contributed by atoms with E-state index in [9.17, 15) is 8.42 Å². The molecule has 0 aliphatic heterocycles. The third-order valence-corrected chi connectivity index (χ3v) is 4.32. The van der Waals surface area contributed by atoms with E-state index in [1.54, 1.807) is 48.9 Å². The van der Waals surface area contributed by atoms with Crippen LogP contribution in [0.2, 0.25) is 0 Å². The van der Waals surface area contributed by atoms with Crippen LogP contribution < -0.4 is 4.72 Å². The Bertz CT molecular complexity index is 847. The van der Waals surface area contributed by atoms with Crippen molar-refractivity contribution >= 4 is 10.0 Å². The van der Waals surface area contributed by atoms with Crippen LogP contribution in [0.5, 0.6) is 0 Å². The highest BCUT2D eigenvalue weighted by Crippen LogP contribution is 2.11. The highest BCUT2D eigenvalue weighted by molar-refractivity contribution is 7.89. The molecule has 3 aromatic heterocycles. The zero-order valence-electron chi connectivity index (χ0n) is 11.5. The Hall–Kier alpha value is -2.58. The summed E-state index contributed by atoms with van der Waals surface area (Å²) in [5.41, 5.74) is 0.829. The standard InChI is InChI=1S/C14H13N5O2S/c20-22(21,18-9-12-4-7-15-8-5-12)13-10-17-19(11-13)14-3-1-2-6-16-14/h1-8,10-11,18H,9H2. The zero-order valence-corrected chi connectivity index (χ0v) is 12.3. The molecule has 0 fully saturated rings. The topological polar surface area (TPSA) is 89.8 Å². The fourth-order valence-corrected chi connectivity index (χ4v) is 2.77. The molecule has 0 unspecified atom stereocenters. The first-order chi connectivity index (χ1) is 10.6. The van der Waals surface area contributed by atoms with Gasteiger partial charge in [0, 0.05) is 25.1 Å². The highest BCUT2D eigenvalue weighted by atomic mass is 32.2. The van der Waals surface area contributed by atoms with Crippen LogP contribution in [0, 0.1) is 0 Å². The van der Waals surface area contributed by atoms with Crippen LogP contribution in [0.1, 0.15) is 5.56 Å². The average Bonchev–Trinajstić information content (AvgIpc) is 3.06. The van der Waals surface area contributed by atoms with E-state index >= 15 is 0 Å². The van der Waals surface area contributed by atoms with Gasteiger partial charge in [-0.1, -0.05) is 6.07 Å². The summed E-state index contributed by atoms with van der Waals surface area (Å²) >= 11 is 0. The van der Waals surface area contributed by atoms with E-state index in [0.29, 0.717) is 5.82 Å². The summed E-state index contributed by atoms with van der Waals surface area (Å²) in [6, 6.07) is 8.83. The van der Waals surface area contributed by atoms with Crippen molar-refractivity contribution < 1.29 is 8.42 Å². The molecular weight excluding hydrogens is 302 g/mol. The van der Waals surface area contributed by atoms with E-state index in [2.05, 4.69) is 19.8 Å². The molecule has 0 atom stereocenters. The van der Waals surface area contributed by atoms with Gasteiger partial charge in [-0.15, -0.1) is 0 Å². The molecule has 1 N–H and O–H groups in total. The second-order valence-electron chi connectivity index (χ2n) is 4.49. The zero-order chi connectivity index (χ0) is 15.4. The molecule has 22 heavy (non-hydrogen) atoms. The van der Waals surface area contributed by atoms with Crippen molar-refractivity contribution in [2.24, 2.45) is 0 Å². The Labute approximate surface area is 127 Å². The number of pyridine rings is 2. The molecule has 0 aromatic carbocycles. The fourth-order valence-electron chi connectivity index (χ4n) is 1.82. The molecule has 112 valence electrons. The van der Waals surface area contributed by atoms with E-state index in [-0.39, 0.29) is 11.4 Å². The number of nitrogens with zero attached hydrogens (tertiary/aromatic N) is 4. The normalized spacial score (nSPS) is 11.5. The van der Waals surface area contributed by atoms with Crippen LogP contribution in [-0.4, -0.2) is 28.2 Å². The second kappa shape index (κ2) is 6.04. The van der Waals surface area contributed by atoms with E-state index < -0.39 is 10.0 Å². The lowest BCUT2D eigenvalue weighted by Crippen LogP contribution is -2.22. The van der Waals surface area contributed by atoms with Crippen LogP contribution in [0.25, 0.3) is 5.82 Å². The molecule has 7 nitrogen and oxygen atoms in total. The molecule has 0 aliphatic rings. The summed E-state index contributed by atoms with van der Waals surface area (Å²) in [5, 5.41) is 4.03. The van der Waals surface area contributed by atoms with Crippen LogP contribution in [-0.2, 0) is 16.6 Å². The summed E-state index contributed by atoms with van der Waals surface area (Å²) < 4.78 is 28.4. The Morgan fingerprint density at radius 1 is 1.09 bits per heavy atom. The van der Waals surface area contributed by atoms with Gasteiger partial charge in [-0.05, 0) is 29.8 Å². The number of aromatic nitrogens is 4. The van der Waals surface area contributed by atoms with Gasteiger partial charge in [0.05, 0.1) is 12.4 Å². The van der Waals surface area contributed by atoms with Gasteiger partial charge < -0.3 is 0 Å². The highest BCUT2D eigenvalue weighted by Gasteiger charge is 2.16. The summed E-state index contributed by atoms with van der Waals surface area (Å²) in [6.07, 6.45) is 7.57. The quantitative estimate of drug-likeness (QED) is 0.762. The molecule has 0 saturated carbocycles. The average molecular weight is 315 g/mol. The van der Waals surface area contributed by atoms with Gasteiger partial charge in [0.1, 0.15) is 4.90 Å². The van der Waals surface area contributed by atoms with Crippen molar-refractivity contribution in [3.63, 3.8) is 0 Å². The van der Waals surface area contributed by atoms with E-state index in [1.807, 2.05) is 0 Å². The molecule has 0 radical (unpaired) electrons. The Morgan fingerprint density at radius 3 is 2.64 bits per heavy atom. The first-order valence-electron chi connectivity index (χ1n) is 6.50. The van der Waals surface area contributed by atoms with Gasteiger partial charge >= 0.3 is 0 Å². The van der Waals surface area contributed by atoms with E-state index in [4.69, 9.17) is 0 Å². The molecule has 0 aliphatic carbocycles. The van der Waals surface area contributed by atoms with Crippen molar-refractivity contribution in [1.82, 2.24) is 24.5 Å². The summed E-state index contributed by atoms with van der Waals surface area (Å²) in [6.45, 7) is 0.194. The second-order valence-corrected chi connectivity index (χ2v) is 6.26. The maximum atomic E-state index is 12.2. The summed E-state index contributed by atoms with van der Waals surface area (Å²) in [5.74, 6) is 0.554. The lowest BCUT2D eigenvalue weighted by atomic mass is 10.3. The predicted molar refractivity (Wildman–Crippen MR) is 79.6 cm³/mol. The number of rotatable bonds is 5. The van der Waals surface area contributed by atoms with Crippen LogP contribution in [0.15, 0.2) is 66.2 Å². The minimum Gasteiger partial charge on any atom is -0.265 e. The number of nitrogens with one attached hydrogen (secondary N) is 1.